The van der Waals surface area contributed by atoms with E-state index in [9.17, 15) is 15.2 Å². The summed E-state index contributed by atoms with van der Waals surface area (Å²) in [4.78, 5) is 12.7. The van der Waals surface area contributed by atoms with E-state index in [2.05, 4.69) is 0 Å². The highest BCUT2D eigenvalue weighted by Crippen LogP contribution is 2.27. The van der Waals surface area contributed by atoms with E-state index >= 15 is 0 Å². The molecule has 1 aromatic rings. The molecule has 0 aromatic heterocycles. The number of halogens is 1. The largest absolute Gasteiger partial charge is 0.391 e. The van der Waals surface area contributed by atoms with Gasteiger partial charge in [-0.1, -0.05) is 24.4 Å². The lowest BCUT2D eigenvalue weighted by atomic mass is 9.91. The molecule has 5 nitrogen and oxygen atoms in total. The first-order valence-electron chi connectivity index (χ1n) is 6.80. The van der Waals surface area contributed by atoms with E-state index in [1.54, 1.807) is 12.1 Å². The molecule has 2 unspecified atom stereocenters. The van der Waals surface area contributed by atoms with Crippen molar-refractivity contribution in [2.45, 2.75) is 44.4 Å². The summed E-state index contributed by atoms with van der Waals surface area (Å²) in [5.74, 6) is 0. The summed E-state index contributed by atoms with van der Waals surface area (Å²) in [6.07, 6.45) is 3.53. The predicted octanol–water partition coefficient (Wildman–Crippen LogP) is 2.98. The fourth-order valence-electron chi connectivity index (χ4n) is 2.83. The topological polar surface area (TPSA) is 66.6 Å². The van der Waals surface area contributed by atoms with Crippen LogP contribution >= 0.6 is 11.6 Å². The Labute approximate surface area is 123 Å². The minimum absolute atomic E-state index is 0.0367. The highest BCUT2D eigenvalue weighted by Gasteiger charge is 2.27. The van der Waals surface area contributed by atoms with Crippen LogP contribution in [0.5, 0.6) is 0 Å². The Hall–Kier alpha value is -1.17. The molecule has 0 heterocycles. The number of nitro benzene ring substituents is 1. The zero-order valence-corrected chi connectivity index (χ0v) is 12.2. The lowest BCUT2D eigenvalue weighted by molar-refractivity contribution is -0.385. The van der Waals surface area contributed by atoms with Crippen molar-refractivity contribution >= 4 is 17.3 Å². The molecule has 1 saturated carbocycles. The maximum Gasteiger partial charge on any atom is 0.275 e. The molecule has 0 spiro atoms. The normalized spacial score (nSPS) is 23.0. The Morgan fingerprint density at radius 3 is 2.80 bits per heavy atom. The minimum Gasteiger partial charge on any atom is -0.391 e. The third-order valence-corrected chi connectivity index (χ3v) is 4.16. The number of likely N-dealkylation sites (N-methyl/N-ethyl adjacent to an activating group) is 1. The van der Waals surface area contributed by atoms with Crippen molar-refractivity contribution in [3.05, 3.63) is 38.9 Å². The zero-order valence-electron chi connectivity index (χ0n) is 11.5. The average Bonchev–Trinajstić information content (AvgIpc) is 2.41. The number of nitrogens with zero attached hydrogens (tertiary/aromatic N) is 2. The van der Waals surface area contributed by atoms with Gasteiger partial charge in [0.05, 0.1) is 11.0 Å². The van der Waals surface area contributed by atoms with Gasteiger partial charge in [-0.25, -0.2) is 0 Å². The molecule has 6 heteroatoms. The molecule has 0 radical (unpaired) electrons. The van der Waals surface area contributed by atoms with Crippen LogP contribution in [0.1, 0.15) is 31.2 Å². The third kappa shape index (κ3) is 3.48. The van der Waals surface area contributed by atoms with Crippen molar-refractivity contribution in [1.82, 2.24) is 4.90 Å². The molecule has 1 N–H and O–H groups in total. The summed E-state index contributed by atoms with van der Waals surface area (Å²) >= 11 is 5.81. The molecule has 0 aliphatic heterocycles. The van der Waals surface area contributed by atoms with E-state index in [-0.39, 0.29) is 17.8 Å². The molecule has 0 amide bonds. The van der Waals surface area contributed by atoms with Crippen molar-refractivity contribution in [2.75, 3.05) is 7.05 Å². The average molecular weight is 299 g/mol. The van der Waals surface area contributed by atoms with Crippen molar-refractivity contribution in [3.8, 4) is 0 Å². The van der Waals surface area contributed by atoms with E-state index in [4.69, 9.17) is 11.6 Å². The van der Waals surface area contributed by atoms with Crippen LogP contribution in [-0.2, 0) is 6.54 Å². The third-order valence-electron chi connectivity index (χ3n) is 3.92. The SMILES string of the molecule is CN(Cc1ccc(Cl)cc1[N+](=O)[O-])C1CCCCC1O. The Morgan fingerprint density at radius 1 is 1.45 bits per heavy atom. The molecule has 0 bridgehead atoms. The first-order valence-corrected chi connectivity index (χ1v) is 7.18. The highest BCUT2D eigenvalue weighted by molar-refractivity contribution is 6.30. The molecule has 20 heavy (non-hydrogen) atoms. The molecule has 2 rings (SSSR count). The van der Waals surface area contributed by atoms with Crippen molar-refractivity contribution in [2.24, 2.45) is 0 Å². The predicted molar refractivity (Wildman–Crippen MR) is 77.8 cm³/mol. The van der Waals surface area contributed by atoms with Crippen molar-refractivity contribution in [1.29, 1.82) is 0 Å². The van der Waals surface area contributed by atoms with E-state index in [0.29, 0.717) is 17.1 Å². The molecular formula is C14H19ClN2O3. The first-order chi connectivity index (χ1) is 9.49. The second-order valence-electron chi connectivity index (χ2n) is 5.36. The van der Waals surface area contributed by atoms with E-state index in [1.165, 1.54) is 6.07 Å². The zero-order chi connectivity index (χ0) is 14.7. The highest BCUT2D eigenvalue weighted by atomic mass is 35.5. The standard InChI is InChI=1S/C14H19ClN2O3/c1-16(12-4-2-3-5-14(12)18)9-10-6-7-11(15)8-13(10)17(19)20/h6-8,12,14,18H,2-5,9H2,1H3. The maximum atomic E-state index is 11.1. The molecule has 1 aliphatic carbocycles. The molecule has 2 atom stereocenters. The van der Waals surface area contributed by atoms with Crippen LogP contribution in [0, 0.1) is 10.1 Å². The first kappa shape index (κ1) is 15.2. The molecule has 110 valence electrons. The van der Waals surface area contributed by atoms with Gasteiger partial charge in [0.25, 0.3) is 5.69 Å². The quantitative estimate of drug-likeness (QED) is 0.685. The van der Waals surface area contributed by atoms with Gasteiger partial charge in [0, 0.05) is 29.2 Å². The second-order valence-corrected chi connectivity index (χ2v) is 5.80. The van der Waals surface area contributed by atoms with Gasteiger partial charge in [-0.3, -0.25) is 15.0 Å². The summed E-state index contributed by atoms with van der Waals surface area (Å²) < 4.78 is 0. The summed E-state index contributed by atoms with van der Waals surface area (Å²) in [5, 5.41) is 21.5. The summed E-state index contributed by atoms with van der Waals surface area (Å²) in [5.41, 5.74) is 0.661. The van der Waals surface area contributed by atoms with Gasteiger partial charge in [-0.15, -0.1) is 0 Å². The van der Waals surface area contributed by atoms with E-state index < -0.39 is 4.92 Å². The summed E-state index contributed by atoms with van der Waals surface area (Å²) in [7, 11) is 1.90. The monoisotopic (exact) mass is 298 g/mol. The van der Waals surface area contributed by atoms with Gasteiger partial charge in [-0.05, 0) is 32.0 Å². The van der Waals surface area contributed by atoms with Crippen LogP contribution in [0.4, 0.5) is 5.69 Å². The Morgan fingerprint density at radius 2 is 2.15 bits per heavy atom. The number of rotatable bonds is 4. The fraction of sp³-hybridized carbons (Fsp3) is 0.571. The van der Waals surface area contributed by atoms with E-state index in [0.717, 1.165) is 25.7 Å². The molecule has 0 saturated heterocycles. The Balaban J connectivity index is 2.14. The minimum atomic E-state index is -0.410. The van der Waals surface area contributed by atoms with Gasteiger partial charge in [0.15, 0.2) is 0 Å². The second kappa shape index (κ2) is 6.52. The number of aliphatic hydroxyl groups is 1. The van der Waals surface area contributed by atoms with Crippen LogP contribution in [0.3, 0.4) is 0 Å². The number of hydrogen-bond donors (Lipinski definition) is 1. The van der Waals surface area contributed by atoms with E-state index in [1.807, 2.05) is 11.9 Å². The van der Waals surface area contributed by atoms with Gasteiger partial charge in [-0.2, -0.15) is 0 Å². The summed E-state index contributed by atoms with van der Waals surface area (Å²) in [6.45, 7) is 0.440. The summed E-state index contributed by atoms with van der Waals surface area (Å²) in [6, 6.07) is 4.79. The van der Waals surface area contributed by atoms with Gasteiger partial charge >= 0.3 is 0 Å². The molecular weight excluding hydrogens is 280 g/mol. The molecule has 1 fully saturated rings. The lowest BCUT2D eigenvalue weighted by Crippen LogP contribution is -2.42. The van der Waals surface area contributed by atoms with Crippen molar-refractivity contribution < 1.29 is 10.0 Å². The van der Waals surface area contributed by atoms with Gasteiger partial charge in [0.1, 0.15) is 0 Å². The number of benzene rings is 1. The van der Waals surface area contributed by atoms with Gasteiger partial charge in [0.2, 0.25) is 0 Å². The number of hydrogen-bond acceptors (Lipinski definition) is 4. The van der Waals surface area contributed by atoms with Crippen LogP contribution in [0.25, 0.3) is 0 Å². The van der Waals surface area contributed by atoms with Crippen LogP contribution in [0.15, 0.2) is 18.2 Å². The molecule has 1 aliphatic rings. The smallest absolute Gasteiger partial charge is 0.275 e. The van der Waals surface area contributed by atoms with Crippen LogP contribution in [-0.4, -0.2) is 34.1 Å². The fourth-order valence-corrected chi connectivity index (χ4v) is 3.00. The lowest BCUT2D eigenvalue weighted by Gasteiger charge is -2.35. The number of nitro groups is 1. The Kier molecular flexibility index (Phi) is 4.96. The van der Waals surface area contributed by atoms with Crippen LogP contribution < -0.4 is 0 Å². The molecule has 1 aromatic carbocycles. The maximum absolute atomic E-state index is 11.1. The Bertz CT molecular complexity index is 495. The van der Waals surface area contributed by atoms with Crippen LogP contribution in [0.2, 0.25) is 5.02 Å². The van der Waals surface area contributed by atoms with Crippen molar-refractivity contribution in [3.63, 3.8) is 0 Å². The number of aliphatic hydroxyl groups excluding tert-OH is 1. The van der Waals surface area contributed by atoms with Gasteiger partial charge < -0.3 is 5.11 Å².